The summed E-state index contributed by atoms with van der Waals surface area (Å²) in [7, 11) is 0. The van der Waals surface area contributed by atoms with Crippen LogP contribution in [-0.2, 0) is 6.54 Å². The molecule has 1 fully saturated rings. The van der Waals surface area contributed by atoms with E-state index in [0.29, 0.717) is 11.4 Å². The number of likely N-dealkylation sites (tertiary alicyclic amines) is 1. The predicted octanol–water partition coefficient (Wildman–Crippen LogP) is 3.60. The van der Waals surface area contributed by atoms with Crippen molar-refractivity contribution in [2.24, 2.45) is 0 Å². The fourth-order valence-corrected chi connectivity index (χ4v) is 3.25. The maximum Gasteiger partial charge on any atom is 0.0931 e. The van der Waals surface area contributed by atoms with E-state index in [2.05, 4.69) is 17.2 Å². The Balaban J connectivity index is 1.98. The maximum atomic E-state index is 6.11. The molecule has 1 saturated heterocycles. The molecule has 1 nitrogen and oxygen atoms in total. The summed E-state index contributed by atoms with van der Waals surface area (Å²) < 4.78 is 0.870. The van der Waals surface area contributed by atoms with Gasteiger partial charge in [-0.05, 0) is 30.4 Å². The first kappa shape index (κ1) is 10.7. The van der Waals surface area contributed by atoms with Crippen LogP contribution in [0.1, 0.15) is 18.9 Å². The highest BCUT2D eigenvalue weighted by Crippen LogP contribution is 2.26. The molecule has 2 atom stereocenters. The van der Waals surface area contributed by atoms with Gasteiger partial charge in [-0.3, -0.25) is 4.90 Å². The third kappa shape index (κ3) is 2.43. The molecule has 1 aromatic rings. The quantitative estimate of drug-likeness (QED) is 0.725. The van der Waals surface area contributed by atoms with Crippen molar-refractivity contribution in [3.05, 3.63) is 21.3 Å². The monoisotopic (exact) mass is 249 g/mol. The largest absolute Gasteiger partial charge is 0.295 e. The molecular weight excluding hydrogens is 237 g/mol. The summed E-state index contributed by atoms with van der Waals surface area (Å²) in [5.74, 6) is 0. The first-order valence-corrected chi connectivity index (χ1v) is 6.45. The van der Waals surface area contributed by atoms with Gasteiger partial charge in [0.05, 0.1) is 4.34 Å². The fraction of sp³-hybridized carbons (Fsp3) is 0.600. The van der Waals surface area contributed by atoms with Gasteiger partial charge in [0.15, 0.2) is 0 Å². The molecule has 0 bridgehead atoms. The van der Waals surface area contributed by atoms with Crippen LogP contribution in [-0.4, -0.2) is 22.9 Å². The number of nitrogens with zero attached hydrogens (tertiary/aromatic N) is 1. The lowest BCUT2D eigenvalue weighted by Gasteiger charge is -2.19. The minimum absolute atomic E-state index is 0.319. The Kier molecular flexibility index (Phi) is 3.38. The van der Waals surface area contributed by atoms with Crippen molar-refractivity contribution in [3.63, 3.8) is 0 Å². The van der Waals surface area contributed by atoms with Gasteiger partial charge in [0.1, 0.15) is 0 Å². The van der Waals surface area contributed by atoms with E-state index in [0.717, 1.165) is 23.8 Å². The van der Waals surface area contributed by atoms with Crippen molar-refractivity contribution >= 4 is 34.5 Å². The van der Waals surface area contributed by atoms with Crippen LogP contribution in [0.15, 0.2) is 11.4 Å². The molecule has 0 aromatic carbocycles. The molecule has 0 spiro atoms. The molecule has 2 rings (SSSR count). The lowest BCUT2D eigenvalue weighted by Crippen LogP contribution is -2.26. The van der Waals surface area contributed by atoms with Crippen LogP contribution in [0.4, 0.5) is 0 Å². The second kappa shape index (κ2) is 4.40. The van der Waals surface area contributed by atoms with Gasteiger partial charge in [-0.2, -0.15) is 0 Å². The van der Waals surface area contributed by atoms with Crippen molar-refractivity contribution in [3.8, 4) is 0 Å². The minimum atomic E-state index is 0.319. The molecule has 1 aromatic heterocycles. The molecular formula is C10H13Cl2NS. The van der Waals surface area contributed by atoms with Gasteiger partial charge < -0.3 is 0 Å². The topological polar surface area (TPSA) is 3.24 Å². The van der Waals surface area contributed by atoms with Crippen molar-refractivity contribution in [2.45, 2.75) is 31.3 Å². The Bertz CT molecular complexity index is 313. The summed E-state index contributed by atoms with van der Waals surface area (Å²) in [5, 5.41) is 2.44. The summed E-state index contributed by atoms with van der Waals surface area (Å²) in [4.78, 5) is 2.41. The van der Waals surface area contributed by atoms with E-state index in [1.54, 1.807) is 11.3 Å². The average molecular weight is 250 g/mol. The summed E-state index contributed by atoms with van der Waals surface area (Å²) in [6.07, 6.45) is 1.10. The van der Waals surface area contributed by atoms with Crippen LogP contribution in [0.25, 0.3) is 0 Å². The highest BCUT2D eigenvalue weighted by Gasteiger charge is 2.27. The lowest BCUT2D eigenvalue weighted by atomic mass is 10.2. The molecule has 1 aliphatic heterocycles. The van der Waals surface area contributed by atoms with E-state index < -0.39 is 0 Å². The van der Waals surface area contributed by atoms with E-state index in [9.17, 15) is 0 Å². The van der Waals surface area contributed by atoms with Crippen molar-refractivity contribution < 1.29 is 0 Å². The average Bonchev–Trinajstić information content (AvgIpc) is 2.61. The zero-order chi connectivity index (χ0) is 10.1. The zero-order valence-electron chi connectivity index (χ0n) is 8.04. The Labute approximate surface area is 98.6 Å². The first-order valence-electron chi connectivity index (χ1n) is 4.76. The molecule has 0 radical (unpaired) electrons. The zero-order valence-corrected chi connectivity index (χ0v) is 10.4. The number of thiophene rings is 1. The number of hydrogen-bond acceptors (Lipinski definition) is 2. The van der Waals surface area contributed by atoms with Crippen LogP contribution in [0.3, 0.4) is 0 Å². The van der Waals surface area contributed by atoms with Crippen molar-refractivity contribution in [1.29, 1.82) is 0 Å². The number of rotatable bonds is 2. The molecule has 4 heteroatoms. The standard InChI is InChI=1S/C10H13Cl2NS/c1-7-2-9(11)5-13(7)4-8-3-10(12)14-6-8/h3,6-7,9H,2,4-5H2,1H3. The van der Waals surface area contributed by atoms with Crippen LogP contribution < -0.4 is 0 Å². The molecule has 2 unspecified atom stereocenters. The van der Waals surface area contributed by atoms with Gasteiger partial charge in [-0.15, -0.1) is 22.9 Å². The second-order valence-electron chi connectivity index (χ2n) is 3.87. The van der Waals surface area contributed by atoms with E-state index in [1.807, 2.05) is 6.07 Å². The van der Waals surface area contributed by atoms with Gasteiger partial charge in [-0.1, -0.05) is 11.6 Å². The summed E-state index contributed by atoms with van der Waals surface area (Å²) in [5.41, 5.74) is 1.30. The van der Waals surface area contributed by atoms with E-state index >= 15 is 0 Å². The van der Waals surface area contributed by atoms with Crippen LogP contribution in [0.5, 0.6) is 0 Å². The summed E-state index contributed by atoms with van der Waals surface area (Å²) >= 11 is 13.6. The molecule has 0 N–H and O–H groups in total. The van der Waals surface area contributed by atoms with Gasteiger partial charge >= 0.3 is 0 Å². The van der Waals surface area contributed by atoms with E-state index in [4.69, 9.17) is 23.2 Å². The molecule has 1 aliphatic rings. The SMILES string of the molecule is CC1CC(Cl)CN1Cc1csc(Cl)c1. The Hall–Kier alpha value is 0.240. The smallest absolute Gasteiger partial charge is 0.0931 e. The lowest BCUT2D eigenvalue weighted by molar-refractivity contribution is 0.261. The van der Waals surface area contributed by atoms with Gasteiger partial charge in [0.2, 0.25) is 0 Å². The Morgan fingerprint density at radius 3 is 2.93 bits per heavy atom. The highest BCUT2D eigenvalue weighted by atomic mass is 35.5. The number of alkyl halides is 1. The van der Waals surface area contributed by atoms with Gasteiger partial charge in [0.25, 0.3) is 0 Å². The fourth-order valence-electron chi connectivity index (χ4n) is 1.91. The molecule has 14 heavy (non-hydrogen) atoms. The number of hydrogen-bond donors (Lipinski definition) is 0. The van der Waals surface area contributed by atoms with E-state index in [-0.39, 0.29) is 0 Å². The molecule has 0 aliphatic carbocycles. The van der Waals surface area contributed by atoms with Crippen LogP contribution >= 0.6 is 34.5 Å². The van der Waals surface area contributed by atoms with Crippen molar-refractivity contribution in [2.75, 3.05) is 6.54 Å². The highest BCUT2D eigenvalue weighted by molar-refractivity contribution is 7.14. The summed E-state index contributed by atoms with van der Waals surface area (Å²) in [6, 6.07) is 2.64. The summed E-state index contributed by atoms with van der Waals surface area (Å²) in [6.45, 7) is 4.21. The van der Waals surface area contributed by atoms with E-state index in [1.165, 1.54) is 5.56 Å². The number of halogens is 2. The van der Waals surface area contributed by atoms with Crippen LogP contribution in [0.2, 0.25) is 4.34 Å². The Morgan fingerprint density at radius 2 is 2.43 bits per heavy atom. The van der Waals surface area contributed by atoms with Crippen LogP contribution in [0, 0.1) is 0 Å². The van der Waals surface area contributed by atoms with Gasteiger partial charge in [-0.25, -0.2) is 0 Å². The second-order valence-corrected chi connectivity index (χ2v) is 6.03. The normalized spacial score (nSPS) is 28.5. The molecule has 0 amide bonds. The molecule has 2 heterocycles. The van der Waals surface area contributed by atoms with Crippen molar-refractivity contribution in [1.82, 2.24) is 4.90 Å². The minimum Gasteiger partial charge on any atom is -0.295 e. The predicted molar refractivity (Wildman–Crippen MR) is 63.5 cm³/mol. The maximum absolute atomic E-state index is 6.11. The Morgan fingerprint density at radius 1 is 1.64 bits per heavy atom. The third-order valence-corrected chi connectivity index (χ3v) is 4.12. The molecule has 78 valence electrons. The third-order valence-electron chi connectivity index (χ3n) is 2.66. The first-order chi connectivity index (χ1) is 6.65. The molecule has 0 saturated carbocycles. The van der Waals surface area contributed by atoms with Gasteiger partial charge in [0, 0.05) is 24.5 Å².